The van der Waals surface area contributed by atoms with Crippen molar-refractivity contribution >= 4 is 11.6 Å². The number of para-hydroxylation sites is 1. The zero-order valence-electron chi connectivity index (χ0n) is 13.3. The summed E-state index contributed by atoms with van der Waals surface area (Å²) >= 11 is 0. The lowest BCUT2D eigenvalue weighted by atomic mass is 9.87. The first-order valence-electron chi connectivity index (χ1n) is 8.48. The summed E-state index contributed by atoms with van der Waals surface area (Å²) in [5.74, 6) is 0.667. The largest absolute Gasteiger partial charge is 0.341 e. The monoisotopic (exact) mass is 304 g/mol. The van der Waals surface area contributed by atoms with E-state index in [0.29, 0.717) is 5.92 Å². The molecule has 2 aliphatic heterocycles. The van der Waals surface area contributed by atoms with E-state index >= 15 is 0 Å². The van der Waals surface area contributed by atoms with Crippen LogP contribution in [0.5, 0.6) is 0 Å². The van der Waals surface area contributed by atoms with Crippen molar-refractivity contribution in [3.8, 4) is 0 Å². The molecule has 3 heteroatoms. The van der Waals surface area contributed by atoms with Crippen LogP contribution in [0.15, 0.2) is 59.3 Å². The minimum atomic E-state index is 0.202. The summed E-state index contributed by atoms with van der Waals surface area (Å²) in [7, 11) is 0. The maximum atomic E-state index is 12.1. The van der Waals surface area contributed by atoms with Gasteiger partial charge in [0.05, 0.1) is 6.04 Å². The molecule has 0 unspecified atom stereocenters. The van der Waals surface area contributed by atoms with Crippen LogP contribution in [-0.2, 0) is 11.2 Å². The van der Waals surface area contributed by atoms with Crippen molar-refractivity contribution < 1.29 is 4.79 Å². The molecule has 23 heavy (non-hydrogen) atoms. The Morgan fingerprint density at radius 2 is 2.09 bits per heavy atom. The number of rotatable bonds is 0. The molecule has 4 aliphatic rings. The van der Waals surface area contributed by atoms with Crippen LogP contribution < -0.4 is 4.90 Å². The molecule has 0 bridgehead atoms. The maximum absolute atomic E-state index is 12.1. The lowest BCUT2D eigenvalue weighted by Crippen LogP contribution is -2.52. The topological polar surface area (TPSA) is 23.6 Å². The smallest absolute Gasteiger partial charge is 0.220 e. The average molecular weight is 304 g/mol. The number of amides is 1. The van der Waals surface area contributed by atoms with Gasteiger partial charge in [-0.2, -0.15) is 0 Å². The maximum Gasteiger partial charge on any atom is 0.220 e. The zero-order chi connectivity index (χ0) is 15.6. The van der Waals surface area contributed by atoms with Crippen LogP contribution in [0.25, 0.3) is 0 Å². The first-order valence-corrected chi connectivity index (χ1v) is 8.48. The van der Waals surface area contributed by atoms with E-state index in [1.165, 1.54) is 28.1 Å². The van der Waals surface area contributed by atoms with Gasteiger partial charge < -0.3 is 9.80 Å². The molecule has 2 heterocycles. The van der Waals surface area contributed by atoms with Gasteiger partial charge in [0.15, 0.2) is 0 Å². The number of nitrogens with zero attached hydrogens (tertiary/aromatic N) is 2. The lowest BCUT2D eigenvalue weighted by Gasteiger charge is -2.42. The molecule has 1 aromatic rings. The number of carbonyl (C=O) groups is 1. The van der Waals surface area contributed by atoms with Gasteiger partial charge in [0.2, 0.25) is 5.91 Å². The number of benzene rings is 1. The first kappa shape index (κ1) is 13.2. The summed E-state index contributed by atoms with van der Waals surface area (Å²) < 4.78 is 0. The Hall–Kier alpha value is -2.29. The molecule has 2 atom stereocenters. The van der Waals surface area contributed by atoms with Crippen LogP contribution >= 0.6 is 0 Å². The SMILES string of the molecule is CC(=O)N1CCN2C3=C4C(=CC=C[C@@H]4C[C@H]31)Cc1ccccc12. The molecule has 116 valence electrons. The van der Waals surface area contributed by atoms with Crippen LogP contribution in [-0.4, -0.2) is 29.9 Å². The van der Waals surface area contributed by atoms with E-state index in [1.807, 2.05) is 0 Å². The fraction of sp³-hybridized carbons (Fsp3) is 0.350. The number of fused-ring (bicyclic) bond motifs is 2. The molecule has 1 fully saturated rings. The predicted molar refractivity (Wildman–Crippen MR) is 91.0 cm³/mol. The van der Waals surface area contributed by atoms with E-state index in [1.54, 1.807) is 6.92 Å². The molecule has 1 saturated heterocycles. The Balaban J connectivity index is 1.74. The van der Waals surface area contributed by atoms with Crippen molar-refractivity contribution in [3.63, 3.8) is 0 Å². The number of piperazine rings is 1. The van der Waals surface area contributed by atoms with E-state index in [9.17, 15) is 4.79 Å². The number of carbonyl (C=O) groups excluding carboxylic acids is 1. The molecule has 0 aromatic heterocycles. The van der Waals surface area contributed by atoms with Crippen LogP contribution in [0.3, 0.4) is 0 Å². The summed E-state index contributed by atoms with van der Waals surface area (Å²) in [6.45, 7) is 3.43. The van der Waals surface area contributed by atoms with Crippen molar-refractivity contribution in [2.75, 3.05) is 18.0 Å². The molecule has 1 amide bonds. The standard InChI is InChI=1S/C20H20N2O/c1-13(23)21-9-10-22-17-8-3-2-5-14(17)11-15-6-4-7-16-12-18(21)20(22)19(15)16/h2-8,16,18H,9-12H2,1H3/t16-,18-/m1/s1. The minimum absolute atomic E-state index is 0.202. The molecule has 0 saturated carbocycles. The van der Waals surface area contributed by atoms with Crippen molar-refractivity contribution in [2.24, 2.45) is 5.92 Å². The van der Waals surface area contributed by atoms with Crippen LogP contribution in [0.4, 0.5) is 5.69 Å². The second kappa shape index (κ2) is 4.60. The predicted octanol–water partition coefficient (Wildman–Crippen LogP) is 3.05. The zero-order valence-corrected chi connectivity index (χ0v) is 13.3. The fourth-order valence-electron chi connectivity index (χ4n) is 4.81. The molecule has 5 rings (SSSR count). The third kappa shape index (κ3) is 1.73. The Morgan fingerprint density at radius 3 is 2.96 bits per heavy atom. The lowest BCUT2D eigenvalue weighted by molar-refractivity contribution is -0.130. The highest BCUT2D eigenvalue weighted by atomic mass is 16.2. The molecule has 2 aliphatic carbocycles. The summed E-state index contributed by atoms with van der Waals surface area (Å²) in [5.41, 5.74) is 7.04. The third-order valence-electron chi connectivity index (χ3n) is 5.73. The normalized spacial score (nSPS) is 27.4. The van der Waals surface area contributed by atoms with Gasteiger partial charge in [0.1, 0.15) is 0 Å². The van der Waals surface area contributed by atoms with Gasteiger partial charge in [0.25, 0.3) is 0 Å². The van der Waals surface area contributed by atoms with E-state index < -0.39 is 0 Å². The number of hydrogen-bond acceptors (Lipinski definition) is 2. The van der Waals surface area contributed by atoms with Crippen molar-refractivity contribution in [3.05, 3.63) is 64.9 Å². The van der Waals surface area contributed by atoms with Crippen molar-refractivity contribution in [1.82, 2.24) is 4.90 Å². The van der Waals surface area contributed by atoms with Gasteiger partial charge in [-0.05, 0) is 35.6 Å². The Morgan fingerprint density at radius 1 is 1.22 bits per heavy atom. The number of allylic oxidation sites excluding steroid dienone is 5. The second-order valence-electron chi connectivity index (χ2n) is 6.90. The van der Waals surface area contributed by atoms with Crippen LogP contribution in [0.2, 0.25) is 0 Å². The Labute approximate surface area is 136 Å². The highest BCUT2D eigenvalue weighted by Crippen LogP contribution is 2.49. The van der Waals surface area contributed by atoms with E-state index in [-0.39, 0.29) is 11.9 Å². The Kier molecular flexibility index (Phi) is 2.64. The van der Waals surface area contributed by atoms with Crippen molar-refractivity contribution in [1.29, 1.82) is 0 Å². The fourth-order valence-corrected chi connectivity index (χ4v) is 4.81. The molecule has 3 nitrogen and oxygen atoms in total. The molecule has 0 spiro atoms. The minimum Gasteiger partial charge on any atom is -0.341 e. The number of anilines is 1. The Bertz CT molecular complexity index is 802. The van der Waals surface area contributed by atoms with Gasteiger partial charge in [-0.1, -0.05) is 36.4 Å². The van der Waals surface area contributed by atoms with E-state index in [4.69, 9.17) is 0 Å². The summed E-state index contributed by atoms with van der Waals surface area (Å²) in [4.78, 5) is 16.7. The highest BCUT2D eigenvalue weighted by Gasteiger charge is 2.45. The van der Waals surface area contributed by atoms with Crippen LogP contribution in [0.1, 0.15) is 18.9 Å². The molecular weight excluding hydrogens is 284 g/mol. The third-order valence-corrected chi connectivity index (χ3v) is 5.73. The summed E-state index contributed by atoms with van der Waals surface area (Å²) in [6, 6.07) is 8.98. The summed E-state index contributed by atoms with van der Waals surface area (Å²) in [6.07, 6.45) is 8.83. The van der Waals surface area contributed by atoms with Gasteiger partial charge in [-0.3, -0.25) is 4.79 Å². The van der Waals surface area contributed by atoms with E-state index in [0.717, 1.165) is 25.9 Å². The van der Waals surface area contributed by atoms with E-state index in [2.05, 4.69) is 52.3 Å². The van der Waals surface area contributed by atoms with Gasteiger partial charge in [-0.15, -0.1) is 0 Å². The first-order chi connectivity index (χ1) is 11.2. The molecule has 0 radical (unpaired) electrons. The molecular formula is C20H20N2O. The van der Waals surface area contributed by atoms with Gasteiger partial charge in [0, 0.05) is 37.3 Å². The second-order valence-corrected chi connectivity index (χ2v) is 6.90. The quantitative estimate of drug-likeness (QED) is 0.735. The molecule has 0 N–H and O–H groups in total. The van der Waals surface area contributed by atoms with Crippen LogP contribution in [0, 0.1) is 5.92 Å². The highest BCUT2D eigenvalue weighted by molar-refractivity contribution is 5.77. The van der Waals surface area contributed by atoms with Crippen molar-refractivity contribution in [2.45, 2.75) is 25.8 Å². The van der Waals surface area contributed by atoms with Gasteiger partial charge >= 0.3 is 0 Å². The molecule has 1 aromatic carbocycles. The van der Waals surface area contributed by atoms with Gasteiger partial charge in [-0.25, -0.2) is 0 Å². The summed E-state index contributed by atoms with van der Waals surface area (Å²) in [5, 5.41) is 0. The average Bonchev–Trinajstić information content (AvgIpc) is 2.87. The number of hydrogen-bond donors (Lipinski definition) is 0.